The maximum atomic E-state index is 12.6. The Morgan fingerprint density at radius 3 is 2.43 bits per heavy atom. The third kappa shape index (κ3) is 3.84. The predicted molar refractivity (Wildman–Crippen MR) is 85.9 cm³/mol. The van der Waals surface area contributed by atoms with Gasteiger partial charge in [-0.05, 0) is 43.5 Å². The number of benzene rings is 1. The molecule has 6 nitrogen and oxygen atoms in total. The summed E-state index contributed by atoms with van der Waals surface area (Å²) in [6.45, 7) is 6.42. The van der Waals surface area contributed by atoms with Gasteiger partial charge in [0.15, 0.2) is 0 Å². The Bertz CT molecular complexity index is 668. The molecule has 1 atom stereocenters. The van der Waals surface area contributed by atoms with Crippen LogP contribution in [0.5, 0.6) is 5.75 Å². The fraction of sp³-hybridized carbons (Fsp3) is 0.562. The van der Waals surface area contributed by atoms with Crippen LogP contribution in [0.25, 0.3) is 0 Å². The molecular weight excluding hydrogens is 318 g/mol. The molecule has 2 rings (SSSR count). The average molecular weight is 341 g/mol. The number of hydrogen-bond donors (Lipinski definition) is 1. The molecule has 7 heteroatoms. The summed E-state index contributed by atoms with van der Waals surface area (Å²) in [5, 5.41) is 9.23. The molecule has 1 aliphatic heterocycles. The molecule has 1 aliphatic rings. The number of carbonyl (C=O) groups is 1. The number of hydrogen-bond acceptors (Lipinski definition) is 4. The fourth-order valence-electron chi connectivity index (χ4n) is 2.42. The van der Waals surface area contributed by atoms with Crippen LogP contribution in [-0.4, -0.2) is 43.5 Å². The highest BCUT2D eigenvalue weighted by Crippen LogP contribution is 2.34. The number of sulfonamides is 1. The van der Waals surface area contributed by atoms with Crippen molar-refractivity contribution < 1.29 is 23.1 Å². The van der Waals surface area contributed by atoms with Crippen molar-refractivity contribution in [1.29, 1.82) is 0 Å². The first-order chi connectivity index (χ1) is 10.6. The van der Waals surface area contributed by atoms with Gasteiger partial charge in [-0.3, -0.25) is 4.79 Å². The van der Waals surface area contributed by atoms with Gasteiger partial charge in [-0.25, -0.2) is 8.42 Å². The Kier molecular flexibility index (Phi) is 5.01. The van der Waals surface area contributed by atoms with Crippen LogP contribution in [0.2, 0.25) is 0 Å². The van der Waals surface area contributed by atoms with Crippen LogP contribution in [0.3, 0.4) is 0 Å². The van der Waals surface area contributed by atoms with E-state index in [0.29, 0.717) is 24.7 Å². The lowest BCUT2D eigenvalue weighted by atomic mass is 9.90. The van der Waals surface area contributed by atoms with Crippen LogP contribution >= 0.6 is 0 Å². The quantitative estimate of drug-likeness (QED) is 0.857. The van der Waals surface area contributed by atoms with Crippen LogP contribution in [0.15, 0.2) is 29.2 Å². The second-order valence-electron chi connectivity index (χ2n) is 6.63. The first-order valence-corrected chi connectivity index (χ1v) is 9.05. The van der Waals surface area contributed by atoms with Crippen molar-refractivity contribution in [3.63, 3.8) is 0 Å². The van der Waals surface area contributed by atoms with Crippen molar-refractivity contribution in [2.24, 2.45) is 11.3 Å². The maximum Gasteiger partial charge on any atom is 0.310 e. The smallest absolute Gasteiger partial charge is 0.310 e. The molecule has 0 aromatic heterocycles. The Labute approximate surface area is 137 Å². The van der Waals surface area contributed by atoms with Crippen LogP contribution < -0.4 is 4.74 Å². The Morgan fingerprint density at radius 2 is 1.96 bits per heavy atom. The first-order valence-electron chi connectivity index (χ1n) is 7.61. The second-order valence-corrected chi connectivity index (χ2v) is 8.57. The molecule has 0 bridgehead atoms. The molecule has 1 fully saturated rings. The van der Waals surface area contributed by atoms with Crippen molar-refractivity contribution in [3.05, 3.63) is 24.3 Å². The first kappa shape index (κ1) is 17.7. The minimum Gasteiger partial charge on any atom is -0.493 e. The minimum atomic E-state index is -3.68. The van der Waals surface area contributed by atoms with E-state index in [1.165, 1.54) is 16.4 Å². The van der Waals surface area contributed by atoms with E-state index in [4.69, 9.17) is 4.74 Å². The van der Waals surface area contributed by atoms with Crippen molar-refractivity contribution in [2.75, 3.05) is 19.7 Å². The standard InChI is InChI=1S/C16H23NO5S/c1-12(2)10-22-13-4-6-14(7-5-13)23(20,21)17-9-8-16(3,11-17)15(18)19/h4-7,12H,8-11H2,1-3H3,(H,18,19). The lowest BCUT2D eigenvalue weighted by Gasteiger charge is -2.20. The number of ether oxygens (including phenoxy) is 1. The zero-order valence-corrected chi connectivity index (χ0v) is 14.5. The molecule has 1 unspecified atom stereocenters. The lowest BCUT2D eigenvalue weighted by molar-refractivity contribution is -0.146. The van der Waals surface area contributed by atoms with E-state index in [1.807, 2.05) is 13.8 Å². The summed E-state index contributed by atoms with van der Waals surface area (Å²) in [6.07, 6.45) is 0.317. The third-order valence-electron chi connectivity index (χ3n) is 4.00. The topological polar surface area (TPSA) is 83.9 Å². The molecule has 1 aromatic rings. The Hall–Kier alpha value is -1.60. The molecule has 0 radical (unpaired) electrons. The highest BCUT2D eigenvalue weighted by molar-refractivity contribution is 7.89. The van der Waals surface area contributed by atoms with E-state index in [2.05, 4.69) is 0 Å². The summed E-state index contributed by atoms with van der Waals surface area (Å²) < 4.78 is 32.0. The maximum absolute atomic E-state index is 12.6. The lowest BCUT2D eigenvalue weighted by Crippen LogP contribution is -2.34. The van der Waals surface area contributed by atoms with E-state index in [1.54, 1.807) is 19.1 Å². The highest BCUT2D eigenvalue weighted by atomic mass is 32.2. The van der Waals surface area contributed by atoms with E-state index in [0.717, 1.165) is 0 Å². The van der Waals surface area contributed by atoms with Gasteiger partial charge in [0.05, 0.1) is 16.9 Å². The van der Waals surface area contributed by atoms with Crippen LogP contribution in [0.4, 0.5) is 0 Å². The normalized spacial score (nSPS) is 22.4. The summed E-state index contributed by atoms with van der Waals surface area (Å²) in [6, 6.07) is 6.26. The number of nitrogens with zero attached hydrogens (tertiary/aromatic N) is 1. The molecule has 1 aromatic carbocycles. The van der Waals surface area contributed by atoms with Crippen molar-refractivity contribution in [1.82, 2.24) is 4.31 Å². The molecular formula is C16H23NO5S. The second kappa shape index (κ2) is 6.49. The van der Waals surface area contributed by atoms with Gasteiger partial charge in [0, 0.05) is 13.1 Å². The molecule has 23 heavy (non-hydrogen) atoms. The van der Waals surface area contributed by atoms with Gasteiger partial charge in [-0.15, -0.1) is 0 Å². The fourth-order valence-corrected chi connectivity index (χ4v) is 3.98. The van der Waals surface area contributed by atoms with Gasteiger partial charge in [-0.1, -0.05) is 13.8 Å². The minimum absolute atomic E-state index is 0.00370. The molecule has 0 amide bonds. The highest BCUT2D eigenvalue weighted by Gasteiger charge is 2.44. The van der Waals surface area contributed by atoms with Gasteiger partial charge in [0.25, 0.3) is 0 Å². The monoisotopic (exact) mass is 341 g/mol. The van der Waals surface area contributed by atoms with Gasteiger partial charge in [-0.2, -0.15) is 4.31 Å². The number of carboxylic acid groups (broad SMARTS) is 1. The molecule has 1 heterocycles. The van der Waals surface area contributed by atoms with Gasteiger partial charge < -0.3 is 9.84 Å². The van der Waals surface area contributed by atoms with Crippen molar-refractivity contribution in [3.8, 4) is 5.75 Å². The third-order valence-corrected chi connectivity index (χ3v) is 5.86. The largest absolute Gasteiger partial charge is 0.493 e. The number of rotatable bonds is 6. The summed E-state index contributed by atoms with van der Waals surface area (Å²) in [5.41, 5.74) is -1.02. The number of aliphatic carboxylic acids is 1. The average Bonchev–Trinajstić information content (AvgIpc) is 2.90. The van der Waals surface area contributed by atoms with Crippen LogP contribution in [-0.2, 0) is 14.8 Å². The van der Waals surface area contributed by atoms with Crippen LogP contribution in [0, 0.1) is 11.3 Å². The molecule has 1 N–H and O–H groups in total. The summed E-state index contributed by atoms with van der Waals surface area (Å²) in [5.74, 6) is 0.0405. The summed E-state index contributed by atoms with van der Waals surface area (Å²) in [4.78, 5) is 11.4. The van der Waals surface area contributed by atoms with Crippen molar-refractivity contribution in [2.45, 2.75) is 32.1 Å². The van der Waals surface area contributed by atoms with Gasteiger partial charge in [0.1, 0.15) is 5.75 Å². The van der Waals surface area contributed by atoms with Gasteiger partial charge in [0.2, 0.25) is 10.0 Å². The van der Waals surface area contributed by atoms with Gasteiger partial charge >= 0.3 is 5.97 Å². The predicted octanol–water partition coefficient (Wildman–Crippen LogP) is 2.21. The molecule has 0 spiro atoms. The molecule has 128 valence electrons. The SMILES string of the molecule is CC(C)COc1ccc(S(=O)(=O)N2CCC(C)(C(=O)O)C2)cc1. The van der Waals surface area contributed by atoms with E-state index < -0.39 is 21.4 Å². The zero-order chi connectivity index (χ0) is 17.3. The Morgan fingerprint density at radius 1 is 1.35 bits per heavy atom. The number of carboxylic acids is 1. The molecule has 0 aliphatic carbocycles. The molecule has 1 saturated heterocycles. The Balaban J connectivity index is 2.13. The van der Waals surface area contributed by atoms with E-state index >= 15 is 0 Å². The van der Waals surface area contributed by atoms with Crippen molar-refractivity contribution >= 4 is 16.0 Å². The summed E-state index contributed by atoms with van der Waals surface area (Å²) in [7, 11) is -3.68. The van der Waals surface area contributed by atoms with Crippen LogP contribution in [0.1, 0.15) is 27.2 Å². The zero-order valence-electron chi connectivity index (χ0n) is 13.7. The molecule has 0 saturated carbocycles. The summed E-state index contributed by atoms with van der Waals surface area (Å²) >= 11 is 0. The van der Waals surface area contributed by atoms with E-state index in [-0.39, 0.29) is 18.0 Å². The van der Waals surface area contributed by atoms with E-state index in [9.17, 15) is 18.3 Å².